The topological polar surface area (TPSA) is 69.9 Å². The molecule has 0 fully saturated rings. The summed E-state index contributed by atoms with van der Waals surface area (Å²) >= 11 is 7.48. The van der Waals surface area contributed by atoms with Crippen LogP contribution in [-0.4, -0.2) is 38.4 Å². The van der Waals surface area contributed by atoms with Crippen molar-refractivity contribution in [2.45, 2.75) is 25.0 Å². The second-order valence-corrected chi connectivity index (χ2v) is 7.10. The number of rotatable bonds is 8. The zero-order valence-electron chi connectivity index (χ0n) is 15.1. The summed E-state index contributed by atoms with van der Waals surface area (Å²) in [4.78, 5) is 16.6. The van der Waals surface area contributed by atoms with E-state index >= 15 is 0 Å². The molecule has 0 bridgehead atoms. The van der Waals surface area contributed by atoms with Crippen molar-refractivity contribution >= 4 is 29.1 Å². The molecule has 8 heteroatoms. The fraction of sp³-hybridized carbons (Fsp3) is 0.263. The fourth-order valence-corrected chi connectivity index (χ4v) is 3.71. The standard InChI is InChI=1S/C19H19ClN4O2S/c1-3-10-24-18(13-6-8-21-9-7-13)22-23-19(24)27-12-16(25)14-4-5-17(26-2)15(20)11-14/h4-9,11H,3,10,12H2,1-2H3. The van der Waals surface area contributed by atoms with E-state index in [1.165, 1.54) is 11.8 Å². The Hall–Kier alpha value is -2.38. The highest BCUT2D eigenvalue weighted by Crippen LogP contribution is 2.27. The van der Waals surface area contributed by atoms with Crippen molar-refractivity contribution in [1.29, 1.82) is 0 Å². The van der Waals surface area contributed by atoms with E-state index in [0.29, 0.717) is 16.3 Å². The average molecular weight is 403 g/mol. The number of carbonyl (C=O) groups is 1. The van der Waals surface area contributed by atoms with Crippen LogP contribution in [0.25, 0.3) is 11.4 Å². The SMILES string of the molecule is CCCn1c(SCC(=O)c2ccc(OC)c(Cl)c2)nnc1-c1ccncc1. The number of aromatic nitrogens is 4. The molecule has 2 aromatic heterocycles. The number of Topliss-reactive ketones (excluding diaryl/α,β-unsaturated/α-hetero) is 1. The number of hydrogen-bond donors (Lipinski definition) is 0. The first-order chi connectivity index (χ1) is 13.1. The molecule has 0 N–H and O–H groups in total. The Kier molecular flexibility index (Phi) is 6.47. The molecule has 0 atom stereocenters. The van der Waals surface area contributed by atoms with E-state index in [2.05, 4.69) is 22.1 Å². The predicted molar refractivity (Wildman–Crippen MR) is 107 cm³/mol. The second kappa shape index (κ2) is 9.01. The molecule has 0 unspecified atom stereocenters. The summed E-state index contributed by atoms with van der Waals surface area (Å²) in [6.07, 6.45) is 4.39. The summed E-state index contributed by atoms with van der Waals surface area (Å²) in [5.74, 6) is 1.55. The minimum absolute atomic E-state index is 0.0268. The number of halogens is 1. The lowest BCUT2D eigenvalue weighted by molar-refractivity contribution is 0.102. The van der Waals surface area contributed by atoms with Gasteiger partial charge in [0.1, 0.15) is 5.75 Å². The van der Waals surface area contributed by atoms with Crippen LogP contribution in [0, 0.1) is 0 Å². The number of ketones is 1. The smallest absolute Gasteiger partial charge is 0.191 e. The average Bonchev–Trinajstić information content (AvgIpc) is 3.09. The van der Waals surface area contributed by atoms with E-state index < -0.39 is 0 Å². The maximum Gasteiger partial charge on any atom is 0.191 e. The van der Waals surface area contributed by atoms with Crippen LogP contribution in [-0.2, 0) is 6.54 Å². The van der Waals surface area contributed by atoms with Crippen molar-refractivity contribution in [3.63, 3.8) is 0 Å². The molecule has 3 rings (SSSR count). The number of thioether (sulfide) groups is 1. The third kappa shape index (κ3) is 4.48. The Bertz CT molecular complexity index is 931. The predicted octanol–water partition coefficient (Wildman–Crippen LogP) is 4.39. The zero-order valence-corrected chi connectivity index (χ0v) is 16.6. The minimum Gasteiger partial charge on any atom is -0.495 e. The Labute approximate surface area is 166 Å². The Balaban J connectivity index is 1.77. The maximum atomic E-state index is 12.5. The Morgan fingerprint density at radius 3 is 2.67 bits per heavy atom. The maximum absolute atomic E-state index is 12.5. The first-order valence-electron chi connectivity index (χ1n) is 8.47. The lowest BCUT2D eigenvalue weighted by Crippen LogP contribution is -2.06. The Morgan fingerprint density at radius 1 is 1.22 bits per heavy atom. The molecule has 0 radical (unpaired) electrons. The molecule has 140 valence electrons. The lowest BCUT2D eigenvalue weighted by Gasteiger charge is -2.09. The Morgan fingerprint density at radius 2 is 2.00 bits per heavy atom. The van der Waals surface area contributed by atoms with Gasteiger partial charge in [-0.15, -0.1) is 10.2 Å². The van der Waals surface area contributed by atoms with Crippen molar-refractivity contribution in [2.24, 2.45) is 0 Å². The zero-order chi connectivity index (χ0) is 19.2. The van der Waals surface area contributed by atoms with E-state index in [1.54, 1.807) is 37.7 Å². The van der Waals surface area contributed by atoms with Gasteiger partial charge in [0.05, 0.1) is 17.9 Å². The van der Waals surface area contributed by atoms with Gasteiger partial charge >= 0.3 is 0 Å². The number of carbonyl (C=O) groups excluding carboxylic acids is 1. The van der Waals surface area contributed by atoms with Crippen molar-refractivity contribution < 1.29 is 9.53 Å². The second-order valence-electron chi connectivity index (χ2n) is 5.75. The number of methoxy groups -OCH3 is 1. The molecule has 0 aliphatic rings. The largest absolute Gasteiger partial charge is 0.495 e. The normalized spacial score (nSPS) is 10.8. The van der Waals surface area contributed by atoms with Crippen LogP contribution in [0.15, 0.2) is 47.9 Å². The van der Waals surface area contributed by atoms with Gasteiger partial charge in [-0.05, 0) is 36.8 Å². The molecule has 6 nitrogen and oxygen atoms in total. The molecule has 0 aliphatic carbocycles. The van der Waals surface area contributed by atoms with Crippen LogP contribution >= 0.6 is 23.4 Å². The molecular formula is C19H19ClN4O2S. The van der Waals surface area contributed by atoms with Crippen molar-refractivity contribution in [3.8, 4) is 17.1 Å². The van der Waals surface area contributed by atoms with E-state index in [-0.39, 0.29) is 11.5 Å². The van der Waals surface area contributed by atoms with E-state index in [0.717, 1.165) is 29.5 Å². The van der Waals surface area contributed by atoms with Crippen LogP contribution in [0.2, 0.25) is 5.02 Å². The third-order valence-corrected chi connectivity index (χ3v) is 5.17. The minimum atomic E-state index is -0.0268. The molecular weight excluding hydrogens is 384 g/mol. The van der Waals surface area contributed by atoms with Gasteiger partial charge in [-0.3, -0.25) is 9.78 Å². The van der Waals surface area contributed by atoms with Crippen LogP contribution in [0.3, 0.4) is 0 Å². The third-order valence-electron chi connectivity index (χ3n) is 3.91. The van der Waals surface area contributed by atoms with Gasteiger partial charge in [0, 0.05) is 30.1 Å². The van der Waals surface area contributed by atoms with E-state index in [1.807, 2.05) is 16.7 Å². The summed E-state index contributed by atoms with van der Waals surface area (Å²) < 4.78 is 7.16. The monoisotopic (exact) mass is 402 g/mol. The molecule has 3 aromatic rings. The first kappa shape index (κ1) is 19.4. The van der Waals surface area contributed by atoms with Gasteiger partial charge < -0.3 is 9.30 Å². The molecule has 1 aromatic carbocycles. The first-order valence-corrected chi connectivity index (χ1v) is 9.83. The highest BCUT2D eigenvalue weighted by molar-refractivity contribution is 7.99. The number of ether oxygens (including phenoxy) is 1. The highest BCUT2D eigenvalue weighted by atomic mass is 35.5. The van der Waals surface area contributed by atoms with Crippen molar-refractivity contribution in [2.75, 3.05) is 12.9 Å². The molecule has 0 aliphatic heterocycles. The molecule has 27 heavy (non-hydrogen) atoms. The van der Waals surface area contributed by atoms with Gasteiger partial charge in [0.25, 0.3) is 0 Å². The molecule has 0 amide bonds. The van der Waals surface area contributed by atoms with Crippen LogP contribution in [0.4, 0.5) is 0 Å². The number of hydrogen-bond acceptors (Lipinski definition) is 6. The van der Waals surface area contributed by atoms with Gasteiger partial charge in [-0.1, -0.05) is 30.3 Å². The van der Waals surface area contributed by atoms with Crippen molar-refractivity contribution in [1.82, 2.24) is 19.7 Å². The van der Waals surface area contributed by atoms with Crippen LogP contribution in [0.5, 0.6) is 5.75 Å². The molecule has 0 saturated heterocycles. The van der Waals surface area contributed by atoms with Gasteiger partial charge in [-0.25, -0.2) is 0 Å². The summed E-state index contributed by atoms with van der Waals surface area (Å²) in [5.41, 5.74) is 1.50. The summed E-state index contributed by atoms with van der Waals surface area (Å²) in [6.45, 7) is 2.87. The fourth-order valence-electron chi connectivity index (χ4n) is 2.59. The van der Waals surface area contributed by atoms with E-state index in [4.69, 9.17) is 16.3 Å². The number of benzene rings is 1. The lowest BCUT2D eigenvalue weighted by atomic mass is 10.1. The van der Waals surface area contributed by atoms with E-state index in [9.17, 15) is 4.79 Å². The summed E-state index contributed by atoms with van der Waals surface area (Å²) in [7, 11) is 1.54. The van der Waals surface area contributed by atoms with Crippen molar-refractivity contribution in [3.05, 3.63) is 53.3 Å². The van der Waals surface area contributed by atoms with Gasteiger partial charge in [0.2, 0.25) is 0 Å². The number of pyridine rings is 1. The van der Waals surface area contributed by atoms with Crippen LogP contribution < -0.4 is 4.74 Å². The quantitative estimate of drug-likeness (QED) is 0.411. The molecule has 0 saturated carbocycles. The molecule has 2 heterocycles. The highest BCUT2D eigenvalue weighted by Gasteiger charge is 2.16. The number of nitrogens with zero attached hydrogens (tertiary/aromatic N) is 4. The van der Waals surface area contributed by atoms with Gasteiger partial charge in [0.15, 0.2) is 16.8 Å². The molecule has 0 spiro atoms. The summed E-state index contributed by atoms with van der Waals surface area (Å²) in [6, 6.07) is 8.83. The summed E-state index contributed by atoms with van der Waals surface area (Å²) in [5, 5.41) is 9.72. The van der Waals surface area contributed by atoms with Crippen LogP contribution in [0.1, 0.15) is 23.7 Å². The van der Waals surface area contributed by atoms with Gasteiger partial charge in [-0.2, -0.15) is 0 Å².